The first-order valence-electron chi connectivity index (χ1n) is 9.94. The highest BCUT2D eigenvalue weighted by atomic mass is 35.5. The van der Waals surface area contributed by atoms with Crippen LogP contribution in [0.4, 0.5) is 23.7 Å². The van der Waals surface area contributed by atoms with Crippen molar-refractivity contribution in [2.45, 2.75) is 19.2 Å². The van der Waals surface area contributed by atoms with E-state index in [9.17, 15) is 27.9 Å². The van der Waals surface area contributed by atoms with Crippen molar-refractivity contribution >= 4 is 34.1 Å². The SMILES string of the molecule is CN(C(=O)Nc1ccc(F)c(Cl)c1)[C@@H]1COCc2c1c1cc(F)c(F)cc1c(=O)n2CCO. The van der Waals surface area contributed by atoms with E-state index < -0.39 is 35.1 Å². The smallest absolute Gasteiger partial charge is 0.322 e. The highest BCUT2D eigenvalue weighted by molar-refractivity contribution is 6.31. The summed E-state index contributed by atoms with van der Waals surface area (Å²) in [5.41, 5.74) is 0.415. The molecule has 174 valence electrons. The predicted molar refractivity (Wildman–Crippen MR) is 116 cm³/mol. The van der Waals surface area contributed by atoms with Gasteiger partial charge in [-0.2, -0.15) is 0 Å². The van der Waals surface area contributed by atoms with Gasteiger partial charge in [-0.1, -0.05) is 11.6 Å². The first kappa shape index (κ1) is 23.1. The van der Waals surface area contributed by atoms with Crippen LogP contribution in [0, 0.1) is 17.5 Å². The second-order valence-corrected chi connectivity index (χ2v) is 7.96. The van der Waals surface area contributed by atoms with Gasteiger partial charge in [-0.15, -0.1) is 0 Å². The number of hydrogen-bond acceptors (Lipinski definition) is 4. The number of amides is 2. The molecule has 33 heavy (non-hydrogen) atoms. The summed E-state index contributed by atoms with van der Waals surface area (Å²) in [7, 11) is 1.47. The highest BCUT2D eigenvalue weighted by Crippen LogP contribution is 2.35. The van der Waals surface area contributed by atoms with Gasteiger partial charge >= 0.3 is 6.03 Å². The Balaban J connectivity index is 1.81. The van der Waals surface area contributed by atoms with E-state index in [0.717, 1.165) is 18.2 Å². The van der Waals surface area contributed by atoms with E-state index in [1.807, 2.05) is 0 Å². The summed E-state index contributed by atoms with van der Waals surface area (Å²) in [6, 6.07) is 4.06. The predicted octanol–water partition coefficient (Wildman–Crippen LogP) is 3.80. The number of urea groups is 1. The molecule has 1 atom stereocenters. The number of ether oxygens (including phenoxy) is 1. The molecule has 2 aromatic carbocycles. The Kier molecular flexibility index (Phi) is 6.33. The molecule has 7 nitrogen and oxygen atoms in total. The maximum absolute atomic E-state index is 14.2. The summed E-state index contributed by atoms with van der Waals surface area (Å²) in [6.45, 7) is -0.449. The lowest BCUT2D eigenvalue weighted by Crippen LogP contribution is -2.41. The zero-order valence-corrected chi connectivity index (χ0v) is 18.1. The number of carbonyl (C=O) groups is 1. The molecule has 1 aromatic heterocycles. The van der Waals surface area contributed by atoms with Gasteiger partial charge in [0.15, 0.2) is 11.6 Å². The summed E-state index contributed by atoms with van der Waals surface area (Å²) in [5, 5.41) is 11.9. The van der Waals surface area contributed by atoms with Gasteiger partial charge in [-0.05, 0) is 35.7 Å². The van der Waals surface area contributed by atoms with E-state index in [4.69, 9.17) is 16.3 Å². The normalized spacial score (nSPS) is 15.4. The first-order valence-corrected chi connectivity index (χ1v) is 10.3. The summed E-state index contributed by atoms with van der Waals surface area (Å²) < 4.78 is 48.4. The Morgan fingerprint density at radius 1 is 1.21 bits per heavy atom. The fraction of sp³-hybridized carbons (Fsp3) is 0.273. The third-order valence-electron chi connectivity index (χ3n) is 5.59. The molecular weight excluding hydrogens is 463 g/mol. The van der Waals surface area contributed by atoms with Crippen LogP contribution in [0.15, 0.2) is 35.1 Å². The molecule has 0 unspecified atom stereocenters. The van der Waals surface area contributed by atoms with Crippen molar-refractivity contribution in [2.24, 2.45) is 0 Å². The number of nitrogens with one attached hydrogen (secondary N) is 1. The van der Waals surface area contributed by atoms with E-state index in [2.05, 4.69) is 5.32 Å². The largest absolute Gasteiger partial charge is 0.395 e. The number of halogens is 4. The highest BCUT2D eigenvalue weighted by Gasteiger charge is 2.32. The molecule has 2 N–H and O–H groups in total. The molecule has 2 amide bonds. The minimum Gasteiger partial charge on any atom is -0.395 e. The van der Waals surface area contributed by atoms with Gasteiger partial charge in [-0.25, -0.2) is 18.0 Å². The van der Waals surface area contributed by atoms with E-state index in [0.29, 0.717) is 11.3 Å². The molecule has 0 aliphatic carbocycles. The summed E-state index contributed by atoms with van der Waals surface area (Å²) in [6.07, 6.45) is 0. The van der Waals surface area contributed by atoms with Crippen molar-refractivity contribution in [2.75, 3.05) is 25.6 Å². The third-order valence-corrected chi connectivity index (χ3v) is 5.88. The number of rotatable bonds is 4. The van der Waals surface area contributed by atoms with Gasteiger partial charge < -0.3 is 24.6 Å². The molecule has 1 aliphatic rings. The second-order valence-electron chi connectivity index (χ2n) is 7.55. The number of aromatic nitrogens is 1. The fourth-order valence-corrected chi connectivity index (χ4v) is 4.14. The Labute approximate surface area is 190 Å². The topological polar surface area (TPSA) is 83.8 Å². The molecule has 0 spiro atoms. The van der Waals surface area contributed by atoms with Crippen LogP contribution in [0.3, 0.4) is 0 Å². The lowest BCUT2D eigenvalue weighted by molar-refractivity contribution is 0.0493. The van der Waals surface area contributed by atoms with Crippen molar-refractivity contribution in [3.05, 3.63) is 74.4 Å². The minimum atomic E-state index is -1.18. The molecule has 0 saturated heterocycles. The first-order chi connectivity index (χ1) is 15.7. The second kappa shape index (κ2) is 9.05. The number of aliphatic hydroxyl groups excluding tert-OH is 1. The van der Waals surface area contributed by atoms with Gasteiger partial charge in [0, 0.05) is 24.8 Å². The maximum Gasteiger partial charge on any atom is 0.322 e. The quantitative estimate of drug-likeness (QED) is 0.594. The van der Waals surface area contributed by atoms with E-state index in [-0.39, 0.29) is 47.8 Å². The molecule has 11 heteroatoms. The van der Waals surface area contributed by atoms with E-state index in [1.54, 1.807) is 0 Å². The van der Waals surface area contributed by atoms with Crippen molar-refractivity contribution in [1.29, 1.82) is 0 Å². The van der Waals surface area contributed by atoms with E-state index >= 15 is 0 Å². The van der Waals surface area contributed by atoms with Gasteiger partial charge in [0.25, 0.3) is 5.56 Å². The molecule has 4 rings (SSSR count). The van der Waals surface area contributed by atoms with Crippen LogP contribution in [0.25, 0.3) is 10.8 Å². The van der Waals surface area contributed by atoms with Gasteiger partial charge in [0.2, 0.25) is 0 Å². The van der Waals surface area contributed by atoms with Crippen LogP contribution in [0.5, 0.6) is 0 Å². The number of fused-ring (bicyclic) bond motifs is 3. The Morgan fingerprint density at radius 3 is 2.58 bits per heavy atom. The molecule has 0 fully saturated rings. The maximum atomic E-state index is 14.2. The number of anilines is 1. The molecule has 0 saturated carbocycles. The van der Waals surface area contributed by atoms with Crippen LogP contribution >= 0.6 is 11.6 Å². The molecule has 2 heterocycles. The van der Waals surface area contributed by atoms with Crippen molar-refractivity contribution < 1.29 is 27.8 Å². The van der Waals surface area contributed by atoms with Crippen molar-refractivity contribution in [3.63, 3.8) is 0 Å². The lowest BCUT2D eigenvalue weighted by Gasteiger charge is -2.35. The average molecular weight is 482 g/mol. The Morgan fingerprint density at radius 2 is 1.91 bits per heavy atom. The number of hydrogen-bond donors (Lipinski definition) is 2. The molecule has 0 bridgehead atoms. The van der Waals surface area contributed by atoms with Crippen molar-refractivity contribution in [1.82, 2.24) is 9.47 Å². The van der Waals surface area contributed by atoms with Crippen LogP contribution in [0.2, 0.25) is 5.02 Å². The molecule has 3 aromatic rings. The summed E-state index contributed by atoms with van der Waals surface area (Å²) in [4.78, 5) is 27.1. The van der Waals surface area contributed by atoms with Crippen LogP contribution in [-0.4, -0.2) is 40.9 Å². The van der Waals surface area contributed by atoms with E-state index in [1.165, 1.54) is 28.6 Å². The molecule has 1 aliphatic heterocycles. The van der Waals surface area contributed by atoms with Crippen LogP contribution in [0.1, 0.15) is 17.3 Å². The Bertz CT molecular complexity index is 1310. The van der Waals surface area contributed by atoms with Crippen molar-refractivity contribution in [3.8, 4) is 0 Å². The number of nitrogens with zero attached hydrogens (tertiary/aromatic N) is 2. The monoisotopic (exact) mass is 481 g/mol. The van der Waals surface area contributed by atoms with Crippen LogP contribution < -0.4 is 10.9 Å². The molecular formula is C22H19ClF3N3O4. The van der Waals surface area contributed by atoms with Crippen LogP contribution in [-0.2, 0) is 17.9 Å². The summed E-state index contributed by atoms with van der Waals surface area (Å²) in [5.74, 6) is -2.96. The van der Waals surface area contributed by atoms with Gasteiger partial charge in [0.05, 0.1) is 42.0 Å². The number of pyridine rings is 1. The fourth-order valence-electron chi connectivity index (χ4n) is 3.96. The van der Waals surface area contributed by atoms with Gasteiger partial charge in [0.1, 0.15) is 5.82 Å². The minimum absolute atomic E-state index is 0.0148. The Hall–Kier alpha value is -3.08. The number of carbonyl (C=O) groups excluding carboxylic acids is 1. The number of benzene rings is 2. The lowest BCUT2D eigenvalue weighted by atomic mass is 9.95. The zero-order chi connectivity index (χ0) is 23.9. The third kappa shape index (κ3) is 4.17. The molecule has 0 radical (unpaired) electrons. The number of aliphatic hydroxyl groups is 1. The number of likely N-dealkylation sites (N-methyl/N-ethyl adjacent to an activating group) is 1. The standard InChI is InChI=1S/C22H19ClF3N3O4/c1-28(22(32)27-11-2-3-15(24)14(23)6-11)18-9-33-10-19-20(18)12-7-16(25)17(26)8-13(12)21(31)29(19)4-5-30/h2-3,6-8,18,30H,4-5,9-10H2,1H3,(H,27,32)/t18-/m1/s1. The van der Waals surface area contributed by atoms with Gasteiger partial charge in [-0.3, -0.25) is 4.79 Å². The zero-order valence-electron chi connectivity index (χ0n) is 17.4. The summed E-state index contributed by atoms with van der Waals surface area (Å²) >= 11 is 5.77. The average Bonchev–Trinajstić information content (AvgIpc) is 2.79.